The lowest BCUT2D eigenvalue weighted by Gasteiger charge is -2.28. The number of H-pyrrole nitrogens is 1. The number of benzene rings is 2. The van der Waals surface area contributed by atoms with Crippen LogP contribution in [0.5, 0.6) is 0 Å². The van der Waals surface area contributed by atoms with E-state index in [1.54, 1.807) is 12.3 Å². The number of carbonyl (C=O) groups is 1. The summed E-state index contributed by atoms with van der Waals surface area (Å²) in [5.41, 5.74) is 1.54. The fourth-order valence-corrected chi connectivity index (χ4v) is 6.72. The Morgan fingerprint density at radius 3 is 2.46 bits per heavy atom. The molecule has 0 saturated carbocycles. The number of aromatic amines is 1. The van der Waals surface area contributed by atoms with E-state index < -0.39 is 45.0 Å². The average Bonchev–Trinajstić information content (AvgIpc) is 3.61. The highest BCUT2D eigenvalue weighted by Crippen LogP contribution is 2.31. The normalized spacial score (nSPS) is 18.2. The predicted molar refractivity (Wildman–Crippen MR) is 151 cm³/mol. The van der Waals surface area contributed by atoms with Gasteiger partial charge >= 0.3 is 10.2 Å². The van der Waals surface area contributed by atoms with E-state index in [1.807, 2.05) is 29.0 Å². The first kappa shape index (κ1) is 27.3. The summed E-state index contributed by atoms with van der Waals surface area (Å²) >= 11 is 0. The number of alkyl halides is 1. The Labute approximate surface area is 235 Å². The number of carbonyl (C=O) groups excluding carboxylic acids is 1. The molecule has 1 atom stereocenters. The van der Waals surface area contributed by atoms with Crippen molar-refractivity contribution in [2.45, 2.75) is 31.9 Å². The summed E-state index contributed by atoms with van der Waals surface area (Å²) in [5.74, 6) is -3.48. The molecule has 8 nitrogen and oxygen atoms in total. The smallest absolute Gasteiger partial charge is 0.301 e. The molecule has 0 amide bonds. The molecule has 4 heterocycles. The van der Waals surface area contributed by atoms with E-state index in [0.717, 1.165) is 46.3 Å². The van der Waals surface area contributed by atoms with Crippen LogP contribution in [0.3, 0.4) is 0 Å². The Bertz CT molecular complexity index is 1720. The lowest BCUT2D eigenvalue weighted by molar-refractivity contribution is 0.103. The average molecular weight is 584 g/mol. The summed E-state index contributed by atoms with van der Waals surface area (Å²) in [5, 5.41) is 0.364. The number of halogens is 3. The number of anilines is 2. The van der Waals surface area contributed by atoms with Gasteiger partial charge in [-0.3, -0.25) is 9.52 Å². The van der Waals surface area contributed by atoms with Crippen LogP contribution in [0.25, 0.3) is 22.2 Å². The van der Waals surface area contributed by atoms with Gasteiger partial charge in [0.1, 0.15) is 17.6 Å². The topological polar surface area (TPSA) is 98.4 Å². The van der Waals surface area contributed by atoms with Crippen molar-refractivity contribution in [2.24, 2.45) is 0 Å². The molecule has 2 aromatic heterocycles. The number of aromatic nitrogens is 2. The van der Waals surface area contributed by atoms with Crippen molar-refractivity contribution < 1.29 is 26.4 Å². The number of ketones is 1. The molecule has 2 aliphatic heterocycles. The van der Waals surface area contributed by atoms with Gasteiger partial charge < -0.3 is 9.88 Å². The lowest BCUT2D eigenvalue weighted by atomic mass is 9.99. The molecule has 12 heteroatoms. The maximum Gasteiger partial charge on any atom is 0.301 e. The first-order chi connectivity index (χ1) is 19.7. The number of fused-ring (bicyclic) bond motifs is 1. The molecule has 2 aliphatic rings. The summed E-state index contributed by atoms with van der Waals surface area (Å²) < 4.78 is 72.1. The third kappa shape index (κ3) is 5.29. The van der Waals surface area contributed by atoms with E-state index in [4.69, 9.17) is 0 Å². The minimum Gasteiger partial charge on any atom is -0.372 e. The Morgan fingerprint density at radius 1 is 1.00 bits per heavy atom. The van der Waals surface area contributed by atoms with Crippen molar-refractivity contribution >= 4 is 38.4 Å². The molecule has 0 spiro atoms. The minimum atomic E-state index is -4.31. The standard InChI is InChI=1S/C29H28F3N5O3S/c30-20-10-13-37(17-20)41(39,40)35-25-9-8-24(31)26(27(25)32)28(38)23-16-34-29-22(23)14-19(15-33-29)18-4-6-21(7-5-18)36-11-2-1-3-12-36/h4-9,14-16,20,35H,1-3,10-13,17H2,(H,33,34)/t20-/m1/s1. The van der Waals surface area contributed by atoms with Crippen LogP contribution in [0, 0.1) is 11.6 Å². The fourth-order valence-electron chi connectivity index (χ4n) is 5.45. The van der Waals surface area contributed by atoms with E-state index >= 15 is 4.39 Å². The second kappa shape index (κ2) is 10.8. The molecule has 41 heavy (non-hydrogen) atoms. The molecule has 2 fully saturated rings. The highest BCUT2D eigenvalue weighted by atomic mass is 32.2. The molecule has 2 aromatic carbocycles. The summed E-state index contributed by atoms with van der Waals surface area (Å²) in [4.78, 5) is 23.1. The van der Waals surface area contributed by atoms with Gasteiger partial charge in [0.25, 0.3) is 0 Å². The summed E-state index contributed by atoms with van der Waals surface area (Å²) in [6.45, 7) is 1.61. The Hall–Kier alpha value is -3.90. The third-order valence-electron chi connectivity index (χ3n) is 7.69. The van der Waals surface area contributed by atoms with E-state index in [1.165, 1.54) is 25.5 Å². The summed E-state index contributed by atoms with van der Waals surface area (Å²) in [6.07, 6.45) is 5.25. The van der Waals surface area contributed by atoms with Gasteiger partial charge in [-0.25, -0.2) is 18.2 Å². The van der Waals surface area contributed by atoms with Crippen LogP contribution < -0.4 is 9.62 Å². The zero-order valence-electron chi connectivity index (χ0n) is 22.0. The van der Waals surface area contributed by atoms with Crippen LogP contribution in [0.1, 0.15) is 41.6 Å². The third-order valence-corrected chi connectivity index (χ3v) is 9.18. The first-order valence-corrected chi connectivity index (χ1v) is 14.9. The second-order valence-electron chi connectivity index (χ2n) is 10.4. The highest BCUT2D eigenvalue weighted by molar-refractivity contribution is 7.90. The molecule has 4 aromatic rings. The molecule has 0 bridgehead atoms. The number of rotatable bonds is 7. The van der Waals surface area contributed by atoms with Gasteiger partial charge in [-0.15, -0.1) is 0 Å². The second-order valence-corrected chi connectivity index (χ2v) is 12.1. The van der Waals surface area contributed by atoms with Gasteiger partial charge in [-0.05, 0) is 61.6 Å². The molecule has 0 unspecified atom stereocenters. The van der Waals surface area contributed by atoms with Gasteiger partial charge in [0, 0.05) is 60.8 Å². The maximum absolute atomic E-state index is 15.5. The van der Waals surface area contributed by atoms with Gasteiger partial charge in [0.15, 0.2) is 5.82 Å². The summed E-state index contributed by atoms with van der Waals surface area (Å²) in [7, 11) is -4.31. The zero-order valence-corrected chi connectivity index (χ0v) is 22.9. The number of pyridine rings is 1. The van der Waals surface area contributed by atoms with Crippen LogP contribution >= 0.6 is 0 Å². The van der Waals surface area contributed by atoms with Gasteiger partial charge in [0.2, 0.25) is 5.78 Å². The molecule has 6 rings (SSSR count). The number of piperidine rings is 1. The van der Waals surface area contributed by atoms with Gasteiger partial charge in [-0.2, -0.15) is 12.7 Å². The first-order valence-electron chi connectivity index (χ1n) is 13.5. The van der Waals surface area contributed by atoms with E-state index in [9.17, 15) is 22.0 Å². The number of nitrogens with one attached hydrogen (secondary N) is 2. The monoisotopic (exact) mass is 583 g/mol. The molecular formula is C29H28F3N5O3S. The molecule has 0 aliphatic carbocycles. The molecule has 2 N–H and O–H groups in total. The van der Waals surface area contributed by atoms with Crippen LogP contribution in [-0.4, -0.2) is 60.8 Å². The van der Waals surface area contributed by atoms with Crippen LogP contribution in [0.2, 0.25) is 0 Å². The summed E-state index contributed by atoms with van der Waals surface area (Å²) in [6, 6.07) is 11.5. The Morgan fingerprint density at radius 2 is 1.76 bits per heavy atom. The van der Waals surface area contributed by atoms with Crippen LogP contribution in [-0.2, 0) is 10.2 Å². The van der Waals surface area contributed by atoms with E-state index in [-0.39, 0.29) is 25.1 Å². The van der Waals surface area contributed by atoms with Crippen molar-refractivity contribution in [3.05, 3.63) is 77.6 Å². The number of hydrogen-bond acceptors (Lipinski definition) is 5. The minimum absolute atomic E-state index is 0.0168. The van der Waals surface area contributed by atoms with E-state index in [0.29, 0.717) is 11.0 Å². The molecule has 214 valence electrons. The molecule has 2 saturated heterocycles. The Kier molecular flexibility index (Phi) is 7.20. The number of hydrogen-bond donors (Lipinski definition) is 2. The maximum atomic E-state index is 15.5. The quantitative estimate of drug-likeness (QED) is 0.283. The SMILES string of the molecule is O=C(c1c(F)ccc(NS(=O)(=O)N2CC[C@@H](F)C2)c1F)c1c[nH]c2ncc(-c3ccc(N4CCCCC4)cc3)cc12. The van der Waals surface area contributed by atoms with Crippen molar-refractivity contribution in [3.63, 3.8) is 0 Å². The van der Waals surface area contributed by atoms with Crippen molar-refractivity contribution in [3.8, 4) is 11.1 Å². The zero-order chi connectivity index (χ0) is 28.7. The Balaban J connectivity index is 1.30. The predicted octanol–water partition coefficient (Wildman–Crippen LogP) is 5.43. The van der Waals surface area contributed by atoms with Crippen molar-refractivity contribution in [2.75, 3.05) is 35.8 Å². The van der Waals surface area contributed by atoms with Gasteiger partial charge in [-0.1, -0.05) is 12.1 Å². The van der Waals surface area contributed by atoms with Crippen molar-refractivity contribution in [1.82, 2.24) is 14.3 Å². The van der Waals surface area contributed by atoms with Crippen molar-refractivity contribution in [1.29, 1.82) is 0 Å². The van der Waals surface area contributed by atoms with Crippen LogP contribution in [0.4, 0.5) is 24.5 Å². The van der Waals surface area contributed by atoms with E-state index in [2.05, 4.69) is 14.9 Å². The number of nitrogens with zero attached hydrogens (tertiary/aromatic N) is 3. The molecule has 0 radical (unpaired) electrons. The van der Waals surface area contributed by atoms with Crippen LogP contribution in [0.15, 0.2) is 54.9 Å². The molecular weight excluding hydrogens is 555 g/mol. The largest absolute Gasteiger partial charge is 0.372 e. The van der Waals surface area contributed by atoms with Gasteiger partial charge in [0.05, 0.1) is 11.3 Å². The lowest BCUT2D eigenvalue weighted by Crippen LogP contribution is -2.34. The highest BCUT2D eigenvalue weighted by Gasteiger charge is 2.33. The fraction of sp³-hybridized carbons (Fsp3) is 0.310.